The van der Waals surface area contributed by atoms with Crippen molar-refractivity contribution < 1.29 is 14.4 Å². The van der Waals surface area contributed by atoms with Crippen molar-refractivity contribution in [3.63, 3.8) is 0 Å². The minimum Gasteiger partial charge on any atom is -0.466 e. The highest BCUT2D eigenvalue weighted by atomic mass is 127. The van der Waals surface area contributed by atoms with Crippen LogP contribution in [0.1, 0.15) is 32.3 Å². The summed E-state index contributed by atoms with van der Waals surface area (Å²) in [6, 6.07) is 10.4. The van der Waals surface area contributed by atoms with Gasteiger partial charge in [-0.05, 0) is 31.7 Å². The number of carbonyl (C=O) groups excluding carboxylic acids is 1. The van der Waals surface area contributed by atoms with Crippen LogP contribution in [0.15, 0.2) is 35.5 Å². The second-order valence-electron chi connectivity index (χ2n) is 5.28. The SMILES string of the molecule is CCC(CI)(CCc1ccccc1)/C(C)=N/OCC(=O)OC. The van der Waals surface area contributed by atoms with Crippen LogP contribution in [-0.2, 0) is 20.8 Å². The number of alkyl halides is 1. The Hall–Kier alpha value is -1.11. The number of esters is 1. The molecule has 0 amide bonds. The summed E-state index contributed by atoms with van der Waals surface area (Å²) in [4.78, 5) is 16.2. The van der Waals surface area contributed by atoms with Crippen molar-refractivity contribution >= 4 is 34.3 Å². The molecule has 0 aliphatic rings. The lowest BCUT2D eigenvalue weighted by atomic mass is 9.78. The predicted molar refractivity (Wildman–Crippen MR) is 97.5 cm³/mol. The highest BCUT2D eigenvalue weighted by Gasteiger charge is 2.30. The maximum Gasteiger partial charge on any atom is 0.346 e. The Morgan fingerprint density at radius 2 is 2.00 bits per heavy atom. The lowest BCUT2D eigenvalue weighted by Crippen LogP contribution is -2.31. The predicted octanol–water partition coefficient (Wildman–Crippen LogP) is 4.02. The molecule has 0 radical (unpaired) electrons. The van der Waals surface area contributed by atoms with Crippen LogP contribution in [0.5, 0.6) is 0 Å². The molecule has 1 rings (SSSR count). The van der Waals surface area contributed by atoms with Gasteiger partial charge in [-0.1, -0.05) is 65.0 Å². The highest BCUT2D eigenvalue weighted by Crippen LogP contribution is 2.33. The van der Waals surface area contributed by atoms with Gasteiger partial charge < -0.3 is 9.57 Å². The summed E-state index contributed by atoms with van der Waals surface area (Å²) in [7, 11) is 1.34. The van der Waals surface area contributed by atoms with Crippen LogP contribution in [0.25, 0.3) is 0 Å². The molecular formula is C17H24INO3. The van der Waals surface area contributed by atoms with E-state index in [1.54, 1.807) is 0 Å². The van der Waals surface area contributed by atoms with Gasteiger partial charge in [-0.15, -0.1) is 0 Å². The van der Waals surface area contributed by atoms with Crippen LogP contribution in [0.2, 0.25) is 0 Å². The van der Waals surface area contributed by atoms with E-state index in [0.717, 1.165) is 29.4 Å². The molecule has 1 unspecified atom stereocenters. The van der Waals surface area contributed by atoms with Crippen molar-refractivity contribution in [2.45, 2.75) is 33.1 Å². The van der Waals surface area contributed by atoms with Gasteiger partial charge in [0.15, 0.2) is 0 Å². The summed E-state index contributed by atoms with van der Waals surface area (Å²) in [5, 5.41) is 4.15. The molecule has 1 aromatic carbocycles. The van der Waals surface area contributed by atoms with Gasteiger partial charge in [0.2, 0.25) is 6.61 Å². The van der Waals surface area contributed by atoms with Gasteiger partial charge in [-0.3, -0.25) is 0 Å². The zero-order valence-electron chi connectivity index (χ0n) is 13.5. The summed E-state index contributed by atoms with van der Waals surface area (Å²) in [5.74, 6) is -0.419. The molecule has 5 heteroatoms. The number of aryl methyl sites for hydroxylation is 1. The Labute approximate surface area is 146 Å². The normalized spacial score (nSPS) is 14.3. The number of hydrogen-bond donors (Lipinski definition) is 0. The molecule has 0 heterocycles. The number of rotatable bonds is 9. The van der Waals surface area contributed by atoms with Gasteiger partial charge in [0, 0.05) is 9.84 Å². The molecule has 0 N–H and O–H groups in total. The number of oxime groups is 1. The average molecular weight is 417 g/mol. The van der Waals surface area contributed by atoms with Gasteiger partial charge in [-0.25, -0.2) is 4.79 Å². The quantitative estimate of drug-likeness (QED) is 0.201. The molecule has 0 bridgehead atoms. The molecule has 22 heavy (non-hydrogen) atoms. The van der Waals surface area contributed by atoms with Gasteiger partial charge in [0.05, 0.1) is 12.8 Å². The van der Waals surface area contributed by atoms with Gasteiger partial charge in [-0.2, -0.15) is 0 Å². The van der Waals surface area contributed by atoms with Crippen LogP contribution < -0.4 is 0 Å². The first kappa shape index (κ1) is 18.9. The molecule has 0 saturated heterocycles. The van der Waals surface area contributed by atoms with Crippen LogP contribution in [0.4, 0.5) is 0 Å². The Morgan fingerprint density at radius 3 is 2.55 bits per heavy atom. The van der Waals surface area contributed by atoms with E-state index in [1.807, 2.05) is 13.0 Å². The lowest BCUT2D eigenvalue weighted by molar-refractivity contribution is -0.145. The number of ether oxygens (including phenoxy) is 1. The maximum atomic E-state index is 11.1. The van der Waals surface area contributed by atoms with E-state index >= 15 is 0 Å². The molecule has 1 aromatic rings. The molecular weight excluding hydrogens is 393 g/mol. The maximum absolute atomic E-state index is 11.1. The number of benzene rings is 1. The number of carbonyl (C=O) groups is 1. The lowest BCUT2D eigenvalue weighted by Gasteiger charge is -2.30. The Morgan fingerprint density at radius 1 is 1.32 bits per heavy atom. The van der Waals surface area contributed by atoms with E-state index in [-0.39, 0.29) is 12.0 Å². The molecule has 0 spiro atoms. The minimum atomic E-state index is -0.419. The Balaban J connectivity index is 2.71. The third-order valence-corrected chi connectivity index (χ3v) is 5.51. The van der Waals surface area contributed by atoms with Crippen LogP contribution in [0.3, 0.4) is 0 Å². The Bertz CT molecular complexity index is 484. The minimum absolute atomic E-state index is 0.00742. The van der Waals surface area contributed by atoms with Crippen LogP contribution in [0, 0.1) is 5.41 Å². The molecule has 122 valence electrons. The summed E-state index contributed by atoms with van der Waals surface area (Å²) < 4.78 is 5.50. The van der Waals surface area contributed by atoms with Crippen molar-refractivity contribution in [2.75, 3.05) is 18.1 Å². The van der Waals surface area contributed by atoms with Gasteiger partial charge in [0.25, 0.3) is 0 Å². The van der Waals surface area contributed by atoms with E-state index in [9.17, 15) is 4.79 Å². The van der Waals surface area contributed by atoms with E-state index in [4.69, 9.17) is 4.84 Å². The molecule has 1 atom stereocenters. The van der Waals surface area contributed by atoms with E-state index in [0.29, 0.717) is 0 Å². The molecule has 0 aliphatic heterocycles. The molecule has 0 aliphatic carbocycles. The average Bonchev–Trinajstić information content (AvgIpc) is 2.57. The van der Waals surface area contributed by atoms with E-state index in [1.165, 1.54) is 12.7 Å². The first-order chi connectivity index (χ1) is 10.6. The largest absolute Gasteiger partial charge is 0.466 e. The molecule has 0 aromatic heterocycles. The number of methoxy groups -OCH3 is 1. The fourth-order valence-corrected chi connectivity index (χ4v) is 3.71. The van der Waals surface area contributed by atoms with Crippen molar-refractivity contribution in [3.05, 3.63) is 35.9 Å². The second kappa shape index (κ2) is 9.82. The molecule has 0 saturated carbocycles. The standard InChI is InChI=1S/C17H24INO3/c1-4-17(13-18,11-10-15-8-6-5-7-9-15)14(2)19-22-12-16(20)21-3/h5-9H,4,10-13H2,1-3H3/b19-14+. The zero-order chi connectivity index (χ0) is 16.4. The summed E-state index contributed by atoms with van der Waals surface area (Å²) in [6.45, 7) is 4.00. The van der Waals surface area contributed by atoms with Crippen LogP contribution >= 0.6 is 22.6 Å². The zero-order valence-corrected chi connectivity index (χ0v) is 15.6. The summed E-state index contributed by atoms with van der Waals surface area (Å²) in [5.41, 5.74) is 2.25. The smallest absolute Gasteiger partial charge is 0.346 e. The third-order valence-electron chi connectivity index (χ3n) is 4.05. The van der Waals surface area contributed by atoms with E-state index < -0.39 is 5.97 Å². The van der Waals surface area contributed by atoms with Crippen molar-refractivity contribution in [3.8, 4) is 0 Å². The molecule has 4 nitrogen and oxygen atoms in total. The number of hydrogen-bond acceptors (Lipinski definition) is 4. The first-order valence-corrected chi connectivity index (χ1v) is 8.94. The van der Waals surface area contributed by atoms with Crippen molar-refractivity contribution in [1.82, 2.24) is 0 Å². The summed E-state index contributed by atoms with van der Waals surface area (Å²) in [6.07, 6.45) is 2.99. The first-order valence-electron chi connectivity index (χ1n) is 7.41. The van der Waals surface area contributed by atoms with Gasteiger partial charge >= 0.3 is 5.97 Å². The topological polar surface area (TPSA) is 47.9 Å². The van der Waals surface area contributed by atoms with Crippen LogP contribution in [-0.4, -0.2) is 29.8 Å². The fourth-order valence-electron chi connectivity index (χ4n) is 2.24. The summed E-state index contributed by atoms with van der Waals surface area (Å²) >= 11 is 2.40. The van der Waals surface area contributed by atoms with Crippen molar-refractivity contribution in [1.29, 1.82) is 0 Å². The van der Waals surface area contributed by atoms with Gasteiger partial charge in [0.1, 0.15) is 0 Å². The number of halogens is 1. The van der Waals surface area contributed by atoms with E-state index in [2.05, 4.69) is 63.7 Å². The molecule has 0 fully saturated rings. The second-order valence-corrected chi connectivity index (χ2v) is 6.04. The highest BCUT2D eigenvalue weighted by molar-refractivity contribution is 14.1. The third kappa shape index (κ3) is 5.59. The Kier molecular flexibility index (Phi) is 8.45. The number of nitrogens with zero attached hydrogens (tertiary/aromatic N) is 1. The van der Waals surface area contributed by atoms with Crippen molar-refractivity contribution in [2.24, 2.45) is 10.6 Å². The fraction of sp³-hybridized carbons (Fsp3) is 0.529. The monoisotopic (exact) mass is 417 g/mol.